The highest BCUT2D eigenvalue weighted by Gasteiger charge is 2.38. The van der Waals surface area contributed by atoms with E-state index in [0.717, 1.165) is 12.8 Å². The number of piperidine rings is 1. The first kappa shape index (κ1) is 14.9. The molecule has 2 saturated heterocycles. The SMILES string of the molecule is CN1C2CCC1CC(CNS(=O)(=O)c1ccccc1F)C2. The Morgan fingerprint density at radius 2 is 1.86 bits per heavy atom. The lowest BCUT2D eigenvalue weighted by molar-refractivity contribution is 0.135. The highest BCUT2D eigenvalue weighted by atomic mass is 32.2. The molecule has 21 heavy (non-hydrogen) atoms. The number of nitrogens with zero attached hydrogens (tertiary/aromatic N) is 1. The molecule has 0 saturated carbocycles. The van der Waals surface area contributed by atoms with Gasteiger partial charge < -0.3 is 4.90 Å². The molecule has 2 heterocycles. The van der Waals surface area contributed by atoms with E-state index in [1.165, 1.54) is 37.1 Å². The van der Waals surface area contributed by atoms with Crippen molar-refractivity contribution in [2.45, 2.75) is 42.7 Å². The van der Waals surface area contributed by atoms with Crippen molar-refractivity contribution >= 4 is 10.0 Å². The lowest BCUT2D eigenvalue weighted by Crippen LogP contribution is -2.43. The minimum atomic E-state index is -3.76. The summed E-state index contributed by atoms with van der Waals surface area (Å²) in [5, 5.41) is 0. The van der Waals surface area contributed by atoms with Crippen molar-refractivity contribution < 1.29 is 12.8 Å². The van der Waals surface area contributed by atoms with Crippen molar-refractivity contribution in [1.82, 2.24) is 9.62 Å². The first-order valence-corrected chi connectivity index (χ1v) is 8.92. The van der Waals surface area contributed by atoms with E-state index in [1.54, 1.807) is 0 Å². The number of hydrogen-bond donors (Lipinski definition) is 1. The Labute approximate surface area is 125 Å². The molecule has 2 unspecified atom stereocenters. The molecule has 6 heteroatoms. The van der Waals surface area contributed by atoms with Crippen LogP contribution < -0.4 is 4.72 Å². The van der Waals surface area contributed by atoms with Gasteiger partial charge in [0.1, 0.15) is 10.7 Å². The number of hydrogen-bond acceptors (Lipinski definition) is 3. The third-order valence-electron chi connectivity index (χ3n) is 4.88. The second kappa shape index (κ2) is 5.66. The Balaban J connectivity index is 1.64. The number of rotatable bonds is 4. The second-order valence-electron chi connectivity index (χ2n) is 6.17. The predicted molar refractivity (Wildman–Crippen MR) is 78.9 cm³/mol. The Morgan fingerprint density at radius 3 is 2.48 bits per heavy atom. The fourth-order valence-electron chi connectivity index (χ4n) is 3.66. The monoisotopic (exact) mass is 312 g/mol. The van der Waals surface area contributed by atoms with Gasteiger partial charge in [-0.05, 0) is 50.8 Å². The molecule has 2 fully saturated rings. The standard InChI is InChI=1S/C15H21FN2O2S/c1-18-12-6-7-13(18)9-11(8-12)10-17-21(19,20)15-5-3-2-4-14(15)16/h2-5,11-13,17H,6-10H2,1H3. The number of sulfonamides is 1. The summed E-state index contributed by atoms with van der Waals surface area (Å²) in [5.74, 6) is -0.353. The van der Waals surface area contributed by atoms with Gasteiger partial charge in [0, 0.05) is 18.6 Å². The van der Waals surface area contributed by atoms with E-state index in [1.807, 2.05) is 0 Å². The highest BCUT2D eigenvalue weighted by Crippen LogP contribution is 2.37. The maximum absolute atomic E-state index is 13.6. The van der Waals surface area contributed by atoms with Gasteiger partial charge in [0.15, 0.2) is 0 Å². The number of benzene rings is 1. The lowest BCUT2D eigenvalue weighted by Gasteiger charge is -2.36. The van der Waals surface area contributed by atoms with Crippen LogP contribution in [0.2, 0.25) is 0 Å². The van der Waals surface area contributed by atoms with Gasteiger partial charge in [0.2, 0.25) is 10.0 Å². The number of halogens is 1. The first-order chi connectivity index (χ1) is 9.97. The maximum atomic E-state index is 13.6. The zero-order valence-corrected chi connectivity index (χ0v) is 12.9. The molecular formula is C15H21FN2O2S. The van der Waals surface area contributed by atoms with E-state index >= 15 is 0 Å². The topological polar surface area (TPSA) is 49.4 Å². The van der Waals surface area contributed by atoms with Gasteiger partial charge in [-0.1, -0.05) is 12.1 Å². The summed E-state index contributed by atoms with van der Waals surface area (Å²) in [6.07, 6.45) is 4.45. The summed E-state index contributed by atoms with van der Waals surface area (Å²) in [7, 11) is -1.60. The van der Waals surface area contributed by atoms with Crippen LogP contribution in [-0.2, 0) is 10.0 Å². The van der Waals surface area contributed by atoms with Gasteiger partial charge in [-0.2, -0.15) is 0 Å². The van der Waals surface area contributed by atoms with E-state index in [0.29, 0.717) is 24.5 Å². The van der Waals surface area contributed by atoms with Gasteiger partial charge >= 0.3 is 0 Å². The zero-order valence-electron chi connectivity index (χ0n) is 12.1. The van der Waals surface area contributed by atoms with Crippen molar-refractivity contribution in [2.75, 3.05) is 13.6 Å². The third kappa shape index (κ3) is 2.98. The van der Waals surface area contributed by atoms with Crippen molar-refractivity contribution in [2.24, 2.45) is 5.92 Å². The molecule has 2 bridgehead atoms. The Kier molecular flexibility index (Phi) is 4.03. The normalized spacial score (nSPS) is 29.7. The predicted octanol–water partition coefficient (Wildman–Crippen LogP) is 1.98. The van der Waals surface area contributed by atoms with Crippen LogP contribution in [0.5, 0.6) is 0 Å². The average Bonchev–Trinajstić information content (AvgIpc) is 2.67. The first-order valence-electron chi connectivity index (χ1n) is 7.43. The quantitative estimate of drug-likeness (QED) is 0.925. The molecule has 1 aromatic rings. The molecule has 2 aliphatic heterocycles. The Hall–Kier alpha value is -0.980. The summed E-state index contributed by atoms with van der Waals surface area (Å²) < 4.78 is 40.5. The maximum Gasteiger partial charge on any atom is 0.243 e. The molecule has 2 aliphatic rings. The van der Waals surface area contributed by atoms with Gasteiger partial charge in [-0.3, -0.25) is 0 Å². The van der Waals surface area contributed by atoms with Crippen LogP contribution in [0, 0.1) is 11.7 Å². The van der Waals surface area contributed by atoms with Crippen LogP contribution in [0.4, 0.5) is 4.39 Å². The minimum Gasteiger partial charge on any atom is -0.300 e. The van der Waals surface area contributed by atoms with E-state index in [-0.39, 0.29) is 4.90 Å². The minimum absolute atomic E-state index is 0.263. The summed E-state index contributed by atoms with van der Waals surface area (Å²) in [6.45, 7) is 0.400. The highest BCUT2D eigenvalue weighted by molar-refractivity contribution is 7.89. The van der Waals surface area contributed by atoms with Gasteiger partial charge in [0.05, 0.1) is 0 Å². The summed E-state index contributed by atoms with van der Waals surface area (Å²) in [5.41, 5.74) is 0. The fourth-order valence-corrected chi connectivity index (χ4v) is 4.85. The molecule has 0 aromatic heterocycles. The molecular weight excluding hydrogens is 291 g/mol. The van der Waals surface area contributed by atoms with Crippen LogP contribution in [0.3, 0.4) is 0 Å². The largest absolute Gasteiger partial charge is 0.300 e. The molecule has 116 valence electrons. The fraction of sp³-hybridized carbons (Fsp3) is 0.600. The van der Waals surface area contributed by atoms with Gasteiger partial charge in [-0.15, -0.1) is 0 Å². The molecule has 3 rings (SSSR count). The molecule has 2 atom stereocenters. The Morgan fingerprint density at radius 1 is 1.24 bits per heavy atom. The summed E-state index contributed by atoms with van der Waals surface area (Å²) in [6, 6.07) is 6.65. The van der Waals surface area contributed by atoms with Crippen LogP contribution >= 0.6 is 0 Å². The molecule has 0 radical (unpaired) electrons. The zero-order chi connectivity index (χ0) is 15.0. The smallest absolute Gasteiger partial charge is 0.243 e. The van der Waals surface area contributed by atoms with Crippen molar-refractivity contribution in [1.29, 1.82) is 0 Å². The van der Waals surface area contributed by atoms with E-state index < -0.39 is 15.8 Å². The van der Waals surface area contributed by atoms with Crippen molar-refractivity contribution in [3.05, 3.63) is 30.1 Å². The summed E-state index contributed by atoms with van der Waals surface area (Å²) in [4.78, 5) is 2.16. The number of fused-ring (bicyclic) bond motifs is 2. The molecule has 1 aromatic carbocycles. The molecule has 0 spiro atoms. The third-order valence-corrected chi connectivity index (χ3v) is 6.34. The van der Waals surface area contributed by atoms with E-state index in [9.17, 15) is 12.8 Å². The number of nitrogens with one attached hydrogen (secondary N) is 1. The van der Waals surface area contributed by atoms with Crippen LogP contribution in [0.25, 0.3) is 0 Å². The van der Waals surface area contributed by atoms with Crippen LogP contribution in [0.15, 0.2) is 29.2 Å². The van der Waals surface area contributed by atoms with Crippen molar-refractivity contribution in [3.8, 4) is 0 Å². The molecule has 0 amide bonds. The molecule has 0 aliphatic carbocycles. The van der Waals surface area contributed by atoms with Crippen LogP contribution in [-0.4, -0.2) is 39.0 Å². The Bertz CT molecular complexity index is 606. The summed E-state index contributed by atoms with van der Waals surface area (Å²) >= 11 is 0. The molecule has 4 nitrogen and oxygen atoms in total. The lowest BCUT2D eigenvalue weighted by atomic mass is 9.91. The average molecular weight is 312 g/mol. The van der Waals surface area contributed by atoms with Gasteiger partial charge in [0.25, 0.3) is 0 Å². The van der Waals surface area contributed by atoms with E-state index in [4.69, 9.17) is 0 Å². The second-order valence-corrected chi connectivity index (χ2v) is 7.91. The van der Waals surface area contributed by atoms with Crippen molar-refractivity contribution in [3.63, 3.8) is 0 Å². The molecule has 1 N–H and O–H groups in total. The van der Waals surface area contributed by atoms with E-state index in [2.05, 4.69) is 16.7 Å². The van der Waals surface area contributed by atoms with Gasteiger partial charge in [-0.25, -0.2) is 17.5 Å². The van der Waals surface area contributed by atoms with Crippen LogP contribution in [0.1, 0.15) is 25.7 Å².